The number of rotatable bonds is 0. The standard InChI is InChI=1S/C17H21ClO2/c18-15-8-14-12(5-6-16(14)20)13-3-1-9-7-10(19)2-4-11(9)17(13)15/h2,4,7,12-17,19-20H,1,3,5-6,8H2/t12-,13-,14-,15-,16?,17+/m0/s1. The Balaban J connectivity index is 1.73. The lowest BCUT2D eigenvalue weighted by Crippen LogP contribution is -2.42. The summed E-state index contributed by atoms with van der Waals surface area (Å²) in [4.78, 5) is 0. The van der Waals surface area contributed by atoms with Crippen LogP contribution in [0.15, 0.2) is 18.2 Å². The summed E-state index contributed by atoms with van der Waals surface area (Å²) in [6, 6.07) is 5.77. The molecule has 108 valence electrons. The SMILES string of the molecule is Oc1ccc2c(c1)CC[C@H]1[C@@H]3CCC(O)[C@H]3C[C@H](Cl)[C@H]21. The Hall–Kier alpha value is -0.730. The third-order valence-corrected chi connectivity index (χ3v) is 6.42. The van der Waals surface area contributed by atoms with Crippen LogP contribution in [0.2, 0.25) is 0 Å². The first kappa shape index (κ1) is 13.0. The van der Waals surface area contributed by atoms with Crippen molar-refractivity contribution in [2.24, 2.45) is 17.8 Å². The maximum atomic E-state index is 10.2. The topological polar surface area (TPSA) is 40.5 Å². The molecule has 3 aliphatic rings. The number of hydrogen-bond acceptors (Lipinski definition) is 2. The summed E-state index contributed by atoms with van der Waals surface area (Å²) in [7, 11) is 0. The van der Waals surface area contributed by atoms with E-state index < -0.39 is 0 Å². The fourth-order valence-corrected chi connectivity index (χ4v) is 5.68. The molecular formula is C17H21ClO2. The Kier molecular flexibility index (Phi) is 3.01. The smallest absolute Gasteiger partial charge is 0.115 e. The van der Waals surface area contributed by atoms with Crippen LogP contribution in [-0.2, 0) is 6.42 Å². The number of aryl methyl sites for hydroxylation is 1. The van der Waals surface area contributed by atoms with Gasteiger partial charge in [0.15, 0.2) is 0 Å². The number of phenolic OH excluding ortho intramolecular Hbond substituents is 1. The second-order valence-electron chi connectivity index (χ2n) is 6.84. The Bertz CT molecular complexity index is 530. The highest BCUT2D eigenvalue weighted by Crippen LogP contribution is 2.56. The molecule has 1 unspecified atom stereocenters. The molecule has 2 N–H and O–H groups in total. The molecule has 1 aromatic rings. The van der Waals surface area contributed by atoms with Crippen molar-refractivity contribution in [2.75, 3.05) is 0 Å². The first-order chi connectivity index (χ1) is 9.65. The number of alkyl halides is 1. The van der Waals surface area contributed by atoms with Gasteiger partial charge >= 0.3 is 0 Å². The number of aromatic hydroxyl groups is 1. The number of fused-ring (bicyclic) bond motifs is 5. The first-order valence-corrected chi connectivity index (χ1v) is 8.22. The number of aliphatic hydroxyl groups is 1. The maximum Gasteiger partial charge on any atom is 0.115 e. The third-order valence-electron chi connectivity index (χ3n) is 5.97. The highest BCUT2D eigenvalue weighted by molar-refractivity contribution is 6.21. The molecule has 0 aromatic heterocycles. The molecule has 20 heavy (non-hydrogen) atoms. The maximum absolute atomic E-state index is 10.2. The normalized spacial score (nSPS) is 42.7. The molecule has 0 aliphatic heterocycles. The van der Waals surface area contributed by atoms with Gasteiger partial charge in [0, 0.05) is 11.3 Å². The fourth-order valence-electron chi connectivity index (χ4n) is 5.16. The van der Waals surface area contributed by atoms with Crippen LogP contribution in [0, 0.1) is 17.8 Å². The molecular weight excluding hydrogens is 272 g/mol. The van der Waals surface area contributed by atoms with Gasteiger partial charge in [-0.2, -0.15) is 0 Å². The van der Waals surface area contributed by atoms with Gasteiger partial charge in [0.25, 0.3) is 0 Å². The van der Waals surface area contributed by atoms with E-state index in [1.807, 2.05) is 6.07 Å². The van der Waals surface area contributed by atoms with Gasteiger partial charge in [0.1, 0.15) is 5.75 Å². The Morgan fingerprint density at radius 3 is 2.75 bits per heavy atom. The van der Waals surface area contributed by atoms with Crippen LogP contribution in [0.25, 0.3) is 0 Å². The molecule has 2 nitrogen and oxygen atoms in total. The average molecular weight is 293 g/mol. The number of benzene rings is 1. The van der Waals surface area contributed by atoms with E-state index >= 15 is 0 Å². The van der Waals surface area contributed by atoms with Gasteiger partial charge < -0.3 is 10.2 Å². The molecule has 3 aliphatic carbocycles. The Morgan fingerprint density at radius 2 is 1.90 bits per heavy atom. The summed E-state index contributed by atoms with van der Waals surface area (Å²) >= 11 is 6.72. The molecule has 0 spiro atoms. The van der Waals surface area contributed by atoms with E-state index in [0.29, 0.717) is 29.4 Å². The number of phenols is 1. The summed E-state index contributed by atoms with van der Waals surface area (Å²) in [6.07, 6.45) is 5.10. The summed E-state index contributed by atoms with van der Waals surface area (Å²) in [6.45, 7) is 0. The lowest BCUT2D eigenvalue weighted by molar-refractivity contribution is 0.0586. The minimum atomic E-state index is -0.136. The van der Waals surface area contributed by atoms with E-state index in [0.717, 1.165) is 32.1 Å². The predicted octanol–water partition coefficient (Wildman–Crippen LogP) is 3.44. The van der Waals surface area contributed by atoms with Crippen LogP contribution < -0.4 is 0 Å². The van der Waals surface area contributed by atoms with Crippen molar-refractivity contribution in [1.29, 1.82) is 0 Å². The van der Waals surface area contributed by atoms with Crippen molar-refractivity contribution in [3.8, 4) is 5.75 Å². The van der Waals surface area contributed by atoms with Gasteiger partial charge in [-0.25, -0.2) is 0 Å². The van der Waals surface area contributed by atoms with Gasteiger partial charge in [0.2, 0.25) is 0 Å². The Labute approximate surface area is 124 Å². The van der Waals surface area contributed by atoms with Gasteiger partial charge in [0.05, 0.1) is 6.10 Å². The minimum absolute atomic E-state index is 0.123. The largest absolute Gasteiger partial charge is 0.508 e. The summed E-state index contributed by atoms with van der Waals surface area (Å²) in [5.74, 6) is 2.45. The molecule has 4 rings (SSSR count). The first-order valence-electron chi connectivity index (χ1n) is 7.79. The molecule has 0 radical (unpaired) electrons. The highest BCUT2D eigenvalue weighted by Gasteiger charge is 2.50. The van der Waals surface area contributed by atoms with Crippen molar-refractivity contribution < 1.29 is 10.2 Å². The van der Waals surface area contributed by atoms with Crippen LogP contribution in [0.3, 0.4) is 0 Å². The summed E-state index contributed by atoms with van der Waals surface area (Å²) in [5.41, 5.74) is 2.62. The van der Waals surface area contributed by atoms with Gasteiger partial charge in [-0.05, 0) is 73.1 Å². The van der Waals surface area contributed by atoms with Crippen molar-refractivity contribution in [2.45, 2.75) is 49.5 Å². The van der Waals surface area contributed by atoms with E-state index in [9.17, 15) is 10.2 Å². The number of aliphatic hydroxyl groups excluding tert-OH is 1. The van der Waals surface area contributed by atoms with Crippen LogP contribution in [0.1, 0.15) is 42.7 Å². The van der Waals surface area contributed by atoms with E-state index in [4.69, 9.17) is 11.6 Å². The zero-order chi connectivity index (χ0) is 13.9. The van der Waals surface area contributed by atoms with Crippen molar-refractivity contribution >= 4 is 11.6 Å². The lowest BCUT2D eigenvalue weighted by Gasteiger charge is -2.47. The summed E-state index contributed by atoms with van der Waals surface area (Å²) < 4.78 is 0. The Morgan fingerprint density at radius 1 is 1.05 bits per heavy atom. The quantitative estimate of drug-likeness (QED) is 0.719. The van der Waals surface area contributed by atoms with Crippen LogP contribution >= 0.6 is 11.6 Å². The summed E-state index contributed by atoms with van der Waals surface area (Å²) in [5, 5.41) is 20.0. The lowest BCUT2D eigenvalue weighted by atomic mass is 9.60. The van der Waals surface area contributed by atoms with E-state index in [1.165, 1.54) is 11.1 Å². The van der Waals surface area contributed by atoms with Crippen LogP contribution in [0.5, 0.6) is 5.75 Å². The molecule has 2 fully saturated rings. The van der Waals surface area contributed by atoms with Crippen molar-refractivity contribution in [3.05, 3.63) is 29.3 Å². The molecule has 0 bridgehead atoms. The minimum Gasteiger partial charge on any atom is -0.508 e. The highest BCUT2D eigenvalue weighted by atomic mass is 35.5. The van der Waals surface area contributed by atoms with Crippen molar-refractivity contribution in [1.82, 2.24) is 0 Å². The third kappa shape index (κ3) is 1.81. The van der Waals surface area contributed by atoms with E-state index in [2.05, 4.69) is 6.07 Å². The second kappa shape index (κ2) is 4.64. The molecule has 0 saturated heterocycles. The zero-order valence-electron chi connectivity index (χ0n) is 11.5. The van der Waals surface area contributed by atoms with Gasteiger partial charge in [-0.15, -0.1) is 11.6 Å². The monoisotopic (exact) mass is 292 g/mol. The van der Waals surface area contributed by atoms with Crippen molar-refractivity contribution in [3.63, 3.8) is 0 Å². The molecule has 0 heterocycles. The molecule has 6 atom stereocenters. The molecule has 0 amide bonds. The molecule has 2 saturated carbocycles. The van der Waals surface area contributed by atoms with E-state index in [-0.39, 0.29) is 11.5 Å². The fraction of sp³-hybridized carbons (Fsp3) is 0.647. The predicted molar refractivity (Wildman–Crippen MR) is 79.1 cm³/mol. The zero-order valence-corrected chi connectivity index (χ0v) is 12.3. The molecule has 3 heteroatoms. The van der Waals surface area contributed by atoms with Crippen LogP contribution in [-0.4, -0.2) is 21.7 Å². The number of hydrogen-bond donors (Lipinski definition) is 2. The number of halogens is 1. The van der Waals surface area contributed by atoms with Crippen LogP contribution in [0.4, 0.5) is 0 Å². The average Bonchev–Trinajstić information content (AvgIpc) is 2.80. The van der Waals surface area contributed by atoms with E-state index in [1.54, 1.807) is 6.07 Å². The molecule has 1 aromatic carbocycles. The van der Waals surface area contributed by atoms with Gasteiger partial charge in [-0.3, -0.25) is 0 Å². The van der Waals surface area contributed by atoms with Gasteiger partial charge in [-0.1, -0.05) is 6.07 Å². The second-order valence-corrected chi connectivity index (χ2v) is 7.40.